The molecule has 2 rings (SSSR count). The minimum atomic E-state index is 0.379. The third-order valence-corrected chi connectivity index (χ3v) is 1.82. The molecule has 0 aliphatic carbocycles. The van der Waals surface area contributed by atoms with Gasteiger partial charge in [0.05, 0.1) is 12.7 Å². The maximum absolute atomic E-state index is 8.66. The zero-order valence-corrected chi connectivity index (χ0v) is 7.83. The number of hydrogen-bond acceptors (Lipinski definition) is 5. The third-order valence-electron chi connectivity index (χ3n) is 1.82. The van der Waals surface area contributed by atoms with E-state index in [0.29, 0.717) is 18.1 Å². The highest BCUT2D eigenvalue weighted by Gasteiger charge is 2.00. The first-order chi connectivity index (χ1) is 7.28. The van der Waals surface area contributed by atoms with Gasteiger partial charge in [0.25, 0.3) is 0 Å². The first-order valence-corrected chi connectivity index (χ1v) is 4.28. The first kappa shape index (κ1) is 9.15. The van der Waals surface area contributed by atoms with E-state index in [4.69, 9.17) is 11.0 Å². The highest BCUT2D eigenvalue weighted by atomic mass is 15.5. The second kappa shape index (κ2) is 3.75. The summed E-state index contributed by atoms with van der Waals surface area (Å²) in [7, 11) is 0. The molecule has 2 heterocycles. The fourth-order valence-corrected chi connectivity index (χ4v) is 1.18. The Morgan fingerprint density at radius 3 is 3.07 bits per heavy atom. The van der Waals surface area contributed by atoms with E-state index in [0.717, 1.165) is 5.56 Å². The molecule has 2 aromatic rings. The van der Waals surface area contributed by atoms with E-state index in [-0.39, 0.29) is 0 Å². The average Bonchev–Trinajstić information content (AvgIpc) is 2.64. The number of nitriles is 1. The molecule has 0 saturated carbocycles. The molecule has 0 amide bonds. The van der Waals surface area contributed by atoms with Gasteiger partial charge < -0.3 is 5.73 Å². The molecule has 2 N–H and O–H groups in total. The van der Waals surface area contributed by atoms with Crippen LogP contribution >= 0.6 is 0 Å². The van der Waals surface area contributed by atoms with Crippen LogP contribution in [0.3, 0.4) is 0 Å². The van der Waals surface area contributed by atoms with Crippen LogP contribution in [-0.2, 0) is 6.54 Å². The van der Waals surface area contributed by atoms with Gasteiger partial charge in [0.15, 0.2) is 5.82 Å². The molecule has 0 radical (unpaired) electrons. The normalized spacial score (nSPS) is 9.80. The predicted octanol–water partition coefficient (Wildman–Crippen LogP) is 0.175. The lowest BCUT2D eigenvalue weighted by Gasteiger charge is -1.99. The van der Waals surface area contributed by atoms with Gasteiger partial charge in [-0.25, -0.2) is 4.98 Å². The Balaban J connectivity index is 2.21. The zero-order valence-electron chi connectivity index (χ0n) is 7.83. The third kappa shape index (κ3) is 2.08. The second-order valence-corrected chi connectivity index (χ2v) is 2.96. The van der Waals surface area contributed by atoms with Gasteiger partial charge >= 0.3 is 0 Å². The summed E-state index contributed by atoms with van der Waals surface area (Å²) in [5.41, 5.74) is 6.73. The van der Waals surface area contributed by atoms with E-state index in [1.54, 1.807) is 18.3 Å². The van der Waals surface area contributed by atoms with Crippen molar-refractivity contribution in [2.24, 2.45) is 0 Å². The van der Waals surface area contributed by atoms with Crippen LogP contribution in [0.15, 0.2) is 24.5 Å². The number of pyridine rings is 1. The van der Waals surface area contributed by atoms with E-state index in [2.05, 4.69) is 15.2 Å². The van der Waals surface area contributed by atoms with Crippen molar-refractivity contribution in [3.8, 4) is 6.07 Å². The van der Waals surface area contributed by atoms with Gasteiger partial charge in [0.2, 0.25) is 0 Å². The summed E-state index contributed by atoms with van der Waals surface area (Å²) < 4.78 is 0. The minimum Gasteiger partial charge on any atom is -0.381 e. The molecule has 74 valence electrons. The Bertz CT molecular complexity index is 509. The molecule has 0 atom stereocenters. The Morgan fingerprint density at radius 1 is 1.53 bits per heavy atom. The average molecular weight is 200 g/mol. The number of aromatic nitrogens is 4. The predicted molar refractivity (Wildman–Crippen MR) is 52.5 cm³/mol. The number of nitrogen functional groups attached to an aromatic ring is 1. The molecule has 0 spiro atoms. The van der Waals surface area contributed by atoms with Crippen LogP contribution in [0, 0.1) is 11.3 Å². The molecule has 0 bridgehead atoms. The smallest absolute Gasteiger partial charge is 0.165 e. The van der Waals surface area contributed by atoms with Crippen LogP contribution in [0.1, 0.15) is 11.3 Å². The van der Waals surface area contributed by atoms with Gasteiger partial charge in [-0.05, 0) is 17.7 Å². The van der Waals surface area contributed by atoms with Crippen molar-refractivity contribution in [2.75, 3.05) is 5.73 Å². The molecule has 0 fully saturated rings. The van der Waals surface area contributed by atoms with Crippen molar-refractivity contribution in [3.05, 3.63) is 35.8 Å². The molecule has 15 heavy (non-hydrogen) atoms. The van der Waals surface area contributed by atoms with Crippen LogP contribution in [0.4, 0.5) is 5.82 Å². The van der Waals surface area contributed by atoms with Crippen molar-refractivity contribution in [1.82, 2.24) is 20.0 Å². The Kier molecular flexibility index (Phi) is 2.29. The largest absolute Gasteiger partial charge is 0.381 e. The van der Waals surface area contributed by atoms with E-state index in [1.165, 1.54) is 11.0 Å². The van der Waals surface area contributed by atoms with Gasteiger partial charge in [0.1, 0.15) is 11.8 Å². The standard InChI is InChI=1S/C9H8N6/c10-4-8-3-7(1-2-12-8)6-15-13-5-9(11)14-15/h1-3,5H,6H2,(H2,11,14). The fourth-order valence-electron chi connectivity index (χ4n) is 1.18. The number of rotatable bonds is 2. The van der Waals surface area contributed by atoms with Crippen LogP contribution in [0.25, 0.3) is 0 Å². The van der Waals surface area contributed by atoms with Gasteiger partial charge in [-0.2, -0.15) is 15.2 Å². The number of nitrogens with two attached hydrogens (primary N) is 1. The summed E-state index contributed by atoms with van der Waals surface area (Å²) in [6.45, 7) is 0.481. The quantitative estimate of drug-likeness (QED) is 0.746. The van der Waals surface area contributed by atoms with Crippen LogP contribution < -0.4 is 5.73 Å². The lowest BCUT2D eigenvalue weighted by molar-refractivity contribution is 0.592. The van der Waals surface area contributed by atoms with Crippen molar-refractivity contribution >= 4 is 5.82 Å². The van der Waals surface area contributed by atoms with Gasteiger partial charge in [0, 0.05) is 6.20 Å². The van der Waals surface area contributed by atoms with Crippen LogP contribution in [0.5, 0.6) is 0 Å². The molecule has 6 nitrogen and oxygen atoms in total. The summed E-state index contributed by atoms with van der Waals surface area (Å²) in [6.07, 6.45) is 3.06. The summed E-state index contributed by atoms with van der Waals surface area (Å²) in [6, 6.07) is 5.47. The Morgan fingerprint density at radius 2 is 2.40 bits per heavy atom. The molecule has 0 unspecified atom stereocenters. The minimum absolute atomic E-state index is 0.379. The van der Waals surface area contributed by atoms with Crippen LogP contribution in [0.2, 0.25) is 0 Å². The Hall–Kier alpha value is -2.42. The zero-order chi connectivity index (χ0) is 10.7. The lowest BCUT2D eigenvalue weighted by atomic mass is 10.2. The first-order valence-electron chi connectivity index (χ1n) is 4.28. The molecule has 0 aliphatic heterocycles. The number of hydrogen-bond donors (Lipinski definition) is 1. The molecule has 0 saturated heterocycles. The van der Waals surface area contributed by atoms with Gasteiger partial charge in [-0.15, -0.1) is 5.10 Å². The van der Waals surface area contributed by atoms with Crippen molar-refractivity contribution in [3.63, 3.8) is 0 Å². The highest BCUT2D eigenvalue weighted by molar-refractivity contribution is 5.25. The summed E-state index contributed by atoms with van der Waals surface area (Å²) in [5, 5.41) is 16.5. The maximum atomic E-state index is 8.66. The number of anilines is 1. The highest BCUT2D eigenvalue weighted by Crippen LogP contribution is 2.03. The van der Waals surface area contributed by atoms with Gasteiger partial charge in [-0.1, -0.05) is 0 Å². The van der Waals surface area contributed by atoms with Crippen molar-refractivity contribution < 1.29 is 0 Å². The molecule has 2 aromatic heterocycles. The summed E-state index contributed by atoms with van der Waals surface area (Å²) in [4.78, 5) is 5.33. The maximum Gasteiger partial charge on any atom is 0.165 e. The van der Waals surface area contributed by atoms with E-state index in [1.807, 2.05) is 6.07 Å². The Labute approximate surface area is 86.0 Å². The topological polar surface area (TPSA) is 93.4 Å². The molecular weight excluding hydrogens is 192 g/mol. The fraction of sp³-hybridized carbons (Fsp3) is 0.111. The molecule has 6 heteroatoms. The van der Waals surface area contributed by atoms with Crippen molar-refractivity contribution in [2.45, 2.75) is 6.54 Å². The van der Waals surface area contributed by atoms with E-state index >= 15 is 0 Å². The van der Waals surface area contributed by atoms with Crippen molar-refractivity contribution in [1.29, 1.82) is 5.26 Å². The monoisotopic (exact) mass is 200 g/mol. The SMILES string of the molecule is N#Cc1cc(Cn2ncc(N)n2)ccn1. The second-order valence-electron chi connectivity index (χ2n) is 2.96. The van der Waals surface area contributed by atoms with E-state index in [9.17, 15) is 0 Å². The van der Waals surface area contributed by atoms with E-state index < -0.39 is 0 Å². The molecular formula is C9H8N6. The molecule has 0 aromatic carbocycles. The lowest BCUT2D eigenvalue weighted by Crippen LogP contribution is -2.04. The van der Waals surface area contributed by atoms with Crippen LogP contribution in [-0.4, -0.2) is 20.0 Å². The van der Waals surface area contributed by atoms with Gasteiger partial charge in [-0.3, -0.25) is 0 Å². The summed E-state index contributed by atoms with van der Waals surface area (Å²) >= 11 is 0. The molecule has 0 aliphatic rings. The number of nitrogens with zero attached hydrogens (tertiary/aromatic N) is 5. The summed E-state index contributed by atoms with van der Waals surface area (Å²) in [5.74, 6) is 0.379.